The van der Waals surface area contributed by atoms with Crippen molar-refractivity contribution in [1.82, 2.24) is 19.7 Å². The Morgan fingerprint density at radius 2 is 1.94 bits per heavy atom. The van der Waals surface area contributed by atoms with Crippen LogP contribution in [0, 0.1) is 0 Å². The van der Waals surface area contributed by atoms with E-state index in [0.717, 1.165) is 27.9 Å². The number of hydrogen-bond donors (Lipinski definition) is 2. The third-order valence-electron chi connectivity index (χ3n) is 5.72. The molecule has 172 valence electrons. The van der Waals surface area contributed by atoms with Gasteiger partial charge in [-0.2, -0.15) is 4.98 Å². The number of carbonyl (C=O) groups is 1. The number of nitrogens with one attached hydrogen (secondary N) is 1. The van der Waals surface area contributed by atoms with Crippen molar-refractivity contribution in [2.75, 3.05) is 6.61 Å². The second-order valence-electron chi connectivity index (χ2n) is 7.86. The van der Waals surface area contributed by atoms with Gasteiger partial charge in [0.25, 0.3) is 6.01 Å². The van der Waals surface area contributed by atoms with Gasteiger partial charge in [0.05, 0.1) is 30.1 Å². The zero-order valence-electron chi connectivity index (χ0n) is 18.4. The molecule has 2 N–H and O–H groups in total. The second-order valence-corrected chi connectivity index (χ2v) is 7.86. The van der Waals surface area contributed by atoms with Gasteiger partial charge < -0.3 is 9.84 Å². The molecule has 9 nitrogen and oxygen atoms in total. The van der Waals surface area contributed by atoms with Crippen LogP contribution in [-0.2, 0) is 17.8 Å². The maximum absolute atomic E-state index is 11.9. The van der Waals surface area contributed by atoms with Gasteiger partial charge in [-0.25, -0.2) is 9.59 Å². The van der Waals surface area contributed by atoms with Gasteiger partial charge >= 0.3 is 11.7 Å². The number of hydrogen-bond acceptors (Lipinski definition) is 6. The van der Waals surface area contributed by atoms with E-state index < -0.39 is 11.7 Å². The molecule has 2 aromatic heterocycles. The van der Waals surface area contributed by atoms with Crippen LogP contribution in [0.1, 0.15) is 30.3 Å². The molecular weight excluding hydrogens is 436 g/mol. The molecule has 0 unspecified atom stereocenters. The van der Waals surface area contributed by atoms with Crippen LogP contribution < -0.4 is 10.5 Å². The SMILES string of the molecule is CCOc1nc2c(n1Cc1ccc(-c3ccccc3-c3noc(=O)[nH]3)cc1)C(C(=O)O)=CCC2. The van der Waals surface area contributed by atoms with Crippen LogP contribution in [-0.4, -0.2) is 37.4 Å². The summed E-state index contributed by atoms with van der Waals surface area (Å²) < 4.78 is 12.2. The fourth-order valence-corrected chi connectivity index (χ4v) is 4.24. The van der Waals surface area contributed by atoms with E-state index in [0.29, 0.717) is 43.5 Å². The third kappa shape index (κ3) is 3.92. The summed E-state index contributed by atoms with van der Waals surface area (Å²) >= 11 is 0. The minimum Gasteiger partial charge on any atom is -0.478 e. The Balaban J connectivity index is 1.49. The Hall–Kier alpha value is -4.40. The third-order valence-corrected chi connectivity index (χ3v) is 5.72. The van der Waals surface area contributed by atoms with Crippen LogP contribution in [0.25, 0.3) is 28.1 Å². The lowest BCUT2D eigenvalue weighted by atomic mass is 9.98. The molecule has 2 heterocycles. The highest BCUT2D eigenvalue weighted by Gasteiger charge is 2.27. The van der Waals surface area contributed by atoms with Crippen LogP contribution >= 0.6 is 0 Å². The first-order valence-corrected chi connectivity index (χ1v) is 11.0. The fraction of sp³-hybridized carbons (Fsp3) is 0.200. The first-order chi connectivity index (χ1) is 16.5. The van der Waals surface area contributed by atoms with Gasteiger partial charge in [0, 0.05) is 5.56 Å². The number of carboxylic acids is 1. The Kier molecular flexibility index (Phi) is 5.59. The van der Waals surface area contributed by atoms with Crippen molar-refractivity contribution in [3.63, 3.8) is 0 Å². The van der Waals surface area contributed by atoms with Crippen molar-refractivity contribution in [3.8, 4) is 28.5 Å². The Morgan fingerprint density at radius 3 is 2.62 bits per heavy atom. The number of rotatable bonds is 7. The summed E-state index contributed by atoms with van der Waals surface area (Å²) in [7, 11) is 0. The van der Waals surface area contributed by atoms with E-state index in [1.807, 2.05) is 60.0 Å². The molecule has 0 radical (unpaired) electrons. The van der Waals surface area contributed by atoms with Crippen LogP contribution in [0.3, 0.4) is 0 Å². The first kappa shape index (κ1) is 21.4. The highest BCUT2D eigenvalue weighted by Crippen LogP contribution is 2.33. The van der Waals surface area contributed by atoms with Gasteiger partial charge in [-0.3, -0.25) is 14.1 Å². The smallest absolute Gasteiger partial charge is 0.439 e. The number of nitrogens with zero attached hydrogens (tertiary/aromatic N) is 3. The summed E-state index contributed by atoms with van der Waals surface area (Å²) in [4.78, 5) is 30.4. The number of aromatic nitrogens is 4. The number of ether oxygens (including phenoxy) is 1. The van der Waals surface area contributed by atoms with Gasteiger partial charge in [0.1, 0.15) is 0 Å². The largest absolute Gasteiger partial charge is 0.478 e. The van der Waals surface area contributed by atoms with Crippen molar-refractivity contribution in [1.29, 1.82) is 0 Å². The lowest BCUT2D eigenvalue weighted by molar-refractivity contribution is -0.130. The van der Waals surface area contributed by atoms with E-state index in [1.54, 1.807) is 6.08 Å². The number of aliphatic carboxylic acids is 1. The van der Waals surface area contributed by atoms with E-state index >= 15 is 0 Å². The lowest BCUT2D eigenvalue weighted by Crippen LogP contribution is -2.14. The molecule has 1 aliphatic rings. The van der Waals surface area contributed by atoms with Crippen molar-refractivity contribution in [2.45, 2.75) is 26.3 Å². The van der Waals surface area contributed by atoms with E-state index in [2.05, 4.69) is 19.6 Å². The molecule has 5 rings (SSSR count). The quantitative estimate of drug-likeness (QED) is 0.432. The minimum absolute atomic E-state index is 0.256. The van der Waals surface area contributed by atoms with Gasteiger partial charge in [-0.1, -0.05) is 59.8 Å². The molecule has 34 heavy (non-hydrogen) atoms. The van der Waals surface area contributed by atoms with E-state index in [9.17, 15) is 14.7 Å². The predicted octanol–water partition coefficient (Wildman–Crippen LogP) is 3.75. The van der Waals surface area contributed by atoms with Crippen molar-refractivity contribution in [2.24, 2.45) is 0 Å². The zero-order chi connectivity index (χ0) is 23.7. The number of benzene rings is 2. The molecule has 1 aliphatic carbocycles. The highest BCUT2D eigenvalue weighted by atomic mass is 16.5. The van der Waals surface area contributed by atoms with Gasteiger partial charge in [-0.05, 0) is 36.5 Å². The van der Waals surface area contributed by atoms with E-state index in [1.165, 1.54) is 0 Å². The van der Waals surface area contributed by atoms with Gasteiger partial charge in [-0.15, -0.1) is 0 Å². The Labute approximate surface area is 194 Å². The molecule has 0 fully saturated rings. The van der Waals surface area contributed by atoms with Crippen molar-refractivity contribution in [3.05, 3.63) is 82.1 Å². The molecule has 0 spiro atoms. The van der Waals surface area contributed by atoms with Crippen LogP contribution in [0.2, 0.25) is 0 Å². The molecule has 0 aliphatic heterocycles. The van der Waals surface area contributed by atoms with Gasteiger partial charge in [0.2, 0.25) is 0 Å². The first-order valence-electron chi connectivity index (χ1n) is 11.0. The standard InChI is InChI=1S/C25H22N4O5/c1-2-33-24-26-20-9-5-8-19(23(30)31)21(20)29(24)14-15-10-12-16(13-11-15)17-6-3-4-7-18(17)22-27-25(32)34-28-22/h3-4,6-8,10-13H,2,5,9,14H2,1H3,(H,30,31)(H,27,28,32). The molecule has 0 saturated carbocycles. The number of fused-ring (bicyclic) bond motifs is 1. The summed E-state index contributed by atoms with van der Waals surface area (Å²) in [6.07, 6.45) is 3.06. The van der Waals surface area contributed by atoms with E-state index in [-0.39, 0.29) is 5.57 Å². The zero-order valence-corrected chi connectivity index (χ0v) is 18.4. The fourth-order valence-electron chi connectivity index (χ4n) is 4.24. The average Bonchev–Trinajstić information content (AvgIpc) is 3.43. The van der Waals surface area contributed by atoms with Crippen LogP contribution in [0.5, 0.6) is 6.01 Å². The number of allylic oxidation sites excluding steroid dienone is 1. The number of H-pyrrole nitrogens is 1. The molecule has 0 amide bonds. The Morgan fingerprint density at radius 1 is 1.18 bits per heavy atom. The number of imidazole rings is 1. The summed E-state index contributed by atoms with van der Waals surface area (Å²) in [6, 6.07) is 15.9. The van der Waals surface area contributed by atoms with Crippen LogP contribution in [0.4, 0.5) is 0 Å². The predicted molar refractivity (Wildman–Crippen MR) is 124 cm³/mol. The van der Waals surface area contributed by atoms with Crippen molar-refractivity contribution < 1.29 is 19.2 Å². The Bertz CT molecular complexity index is 1440. The van der Waals surface area contributed by atoms with E-state index in [4.69, 9.17) is 4.74 Å². The molecular formula is C25H22N4O5. The average molecular weight is 458 g/mol. The maximum Gasteiger partial charge on any atom is 0.439 e. The topological polar surface area (TPSA) is 123 Å². The molecule has 2 aromatic carbocycles. The molecule has 4 aromatic rings. The molecule has 0 atom stereocenters. The molecule has 0 saturated heterocycles. The second kappa shape index (κ2) is 8.86. The molecule has 9 heteroatoms. The summed E-state index contributed by atoms with van der Waals surface area (Å²) in [6.45, 7) is 2.73. The summed E-state index contributed by atoms with van der Waals surface area (Å²) in [5.41, 5.74) is 5.15. The van der Waals surface area contributed by atoms with Crippen LogP contribution in [0.15, 0.2) is 63.9 Å². The summed E-state index contributed by atoms with van der Waals surface area (Å²) in [5, 5.41) is 13.5. The normalized spacial score (nSPS) is 12.8. The summed E-state index contributed by atoms with van der Waals surface area (Å²) in [5.74, 6) is -1.21. The molecule has 0 bridgehead atoms. The number of carboxylic acid groups (broad SMARTS) is 1. The van der Waals surface area contributed by atoms with Gasteiger partial charge in [0.15, 0.2) is 5.82 Å². The monoisotopic (exact) mass is 458 g/mol. The number of aryl methyl sites for hydroxylation is 1. The highest BCUT2D eigenvalue weighted by molar-refractivity contribution is 6.15. The minimum atomic E-state index is -0.969. The maximum atomic E-state index is 11.9. The lowest BCUT2D eigenvalue weighted by Gasteiger charge is -2.16. The number of aromatic amines is 1. The van der Waals surface area contributed by atoms with Crippen molar-refractivity contribution >= 4 is 11.5 Å².